The summed E-state index contributed by atoms with van der Waals surface area (Å²) in [5, 5.41) is 3.31. The lowest BCUT2D eigenvalue weighted by Gasteiger charge is -2.12. The Kier molecular flexibility index (Phi) is 6.15. The van der Waals surface area contributed by atoms with Crippen LogP contribution in [0.1, 0.15) is 37.5 Å². The largest absolute Gasteiger partial charge is 0.348 e. The molecular weight excluding hydrogens is 310 g/mol. The molecule has 0 fully saturated rings. The Morgan fingerprint density at radius 3 is 2.70 bits per heavy atom. The first-order valence-electron chi connectivity index (χ1n) is 7.76. The molecule has 23 heavy (non-hydrogen) atoms. The molecule has 0 aliphatic heterocycles. The lowest BCUT2D eigenvalue weighted by atomic mass is 10.4. The Hall–Kier alpha value is -1.89. The lowest BCUT2D eigenvalue weighted by molar-refractivity contribution is -0.120. The second kappa shape index (κ2) is 8.10. The van der Waals surface area contributed by atoms with Crippen LogP contribution < -0.4 is 5.32 Å². The van der Waals surface area contributed by atoms with Crippen molar-refractivity contribution in [1.82, 2.24) is 24.8 Å². The molecule has 1 amide bonds. The summed E-state index contributed by atoms with van der Waals surface area (Å²) in [5.41, 5.74) is 1.82. The SMILES string of the molecule is CCCn1ccnc1CNC(=O)C(C)Sc1nc(C)cc(C)n1. The number of rotatable bonds is 7. The highest BCUT2D eigenvalue weighted by Gasteiger charge is 2.16. The predicted octanol–water partition coefficient (Wildman–Crippen LogP) is 2.50. The minimum atomic E-state index is -0.259. The highest BCUT2D eigenvalue weighted by Crippen LogP contribution is 2.20. The number of carbonyl (C=O) groups excluding carboxylic acids is 1. The fraction of sp³-hybridized carbons (Fsp3) is 0.500. The van der Waals surface area contributed by atoms with Gasteiger partial charge < -0.3 is 9.88 Å². The van der Waals surface area contributed by atoms with Gasteiger partial charge in [-0.15, -0.1) is 0 Å². The predicted molar refractivity (Wildman–Crippen MR) is 91.2 cm³/mol. The second-order valence-electron chi connectivity index (χ2n) is 5.45. The average Bonchev–Trinajstić information content (AvgIpc) is 2.91. The summed E-state index contributed by atoms with van der Waals surface area (Å²) in [4.78, 5) is 25.3. The molecule has 1 atom stereocenters. The normalized spacial score (nSPS) is 12.2. The molecule has 0 aromatic carbocycles. The van der Waals surface area contributed by atoms with E-state index in [0.29, 0.717) is 11.7 Å². The third-order valence-electron chi connectivity index (χ3n) is 3.30. The summed E-state index contributed by atoms with van der Waals surface area (Å²) in [5.74, 6) is 0.837. The van der Waals surface area contributed by atoms with Crippen LogP contribution in [0.5, 0.6) is 0 Å². The minimum absolute atomic E-state index is 0.0381. The summed E-state index contributed by atoms with van der Waals surface area (Å²) in [6.45, 7) is 9.18. The number of thioether (sulfide) groups is 1. The van der Waals surface area contributed by atoms with Gasteiger partial charge in [-0.05, 0) is 33.3 Å². The molecule has 0 saturated carbocycles. The molecule has 1 unspecified atom stereocenters. The van der Waals surface area contributed by atoms with E-state index in [-0.39, 0.29) is 11.2 Å². The van der Waals surface area contributed by atoms with Crippen molar-refractivity contribution in [3.63, 3.8) is 0 Å². The average molecular weight is 333 g/mol. The fourth-order valence-electron chi connectivity index (χ4n) is 2.22. The first-order chi connectivity index (χ1) is 11.0. The van der Waals surface area contributed by atoms with Gasteiger partial charge in [0.1, 0.15) is 5.82 Å². The molecular formula is C16H23N5OS. The van der Waals surface area contributed by atoms with Crippen molar-refractivity contribution < 1.29 is 4.79 Å². The van der Waals surface area contributed by atoms with Crippen molar-refractivity contribution in [1.29, 1.82) is 0 Å². The van der Waals surface area contributed by atoms with Crippen molar-refractivity contribution in [2.45, 2.75) is 57.6 Å². The Bertz CT molecular complexity index is 650. The third kappa shape index (κ3) is 5.06. The van der Waals surface area contributed by atoms with Crippen LogP contribution in [-0.2, 0) is 17.9 Å². The fourth-order valence-corrected chi connectivity index (χ4v) is 3.12. The quantitative estimate of drug-likeness (QED) is 0.622. The van der Waals surface area contributed by atoms with E-state index in [1.165, 1.54) is 11.8 Å². The number of carbonyl (C=O) groups is 1. The first kappa shape index (κ1) is 17.5. The van der Waals surface area contributed by atoms with Crippen molar-refractivity contribution in [3.05, 3.63) is 35.7 Å². The number of hydrogen-bond acceptors (Lipinski definition) is 5. The molecule has 1 N–H and O–H groups in total. The first-order valence-corrected chi connectivity index (χ1v) is 8.64. The number of aryl methyl sites for hydroxylation is 3. The molecule has 0 aliphatic carbocycles. The Morgan fingerprint density at radius 2 is 2.04 bits per heavy atom. The van der Waals surface area contributed by atoms with Crippen LogP contribution in [0.2, 0.25) is 0 Å². The van der Waals surface area contributed by atoms with Crippen LogP contribution in [0.15, 0.2) is 23.6 Å². The van der Waals surface area contributed by atoms with E-state index < -0.39 is 0 Å². The summed E-state index contributed by atoms with van der Waals surface area (Å²) < 4.78 is 2.06. The van der Waals surface area contributed by atoms with Crippen LogP contribution in [0.4, 0.5) is 0 Å². The van der Waals surface area contributed by atoms with Gasteiger partial charge in [0, 0.05) is 30.3 Å². The van der Waals surface area contributed by atoms with E-state index in [4.69, 9.17) is 0 Å². The third-order valence-corrected chi connectivity index (χ3v) is 4.26. The summed E-state index contributed by atoms with van der Waals surface area (Å²) in [6.07, 6.45) is 4.73. The van der Waals surface area contributed by atoms with Gasteiger partial charge in [-0.1, -0.05) is 18.7 Å². The van der Waals surface area contributed by atoms with E-state index in [1.807, 2.05) is 33.0 Å². The Labute approximate surface area is 141 Å². The Balaban J connectivity index is 1.91. The van der Waals surface area contributed by atoms with Gasteiger partial charge >= 0.3 is 0 Å². The molecule has 0 saturated heterocycles. The van der Waals surface area contributed by atoms with Gasteiger partial charge in [0.2, 0.25) is 5.91 Å². The zero-order valence-corrected chi connectivity index (χ0v) is 14.9. The standard InChI is InChI=1S/C16H23N5OS/c1-5-7-21-8-6-17-14(21)10-18-15(22)13(4)23-16-19-11(2)9-12(3)20-16/h6,8-9,13H,5,7,10H2,1-4H3,(H,18,22). The maximum absolute atomic E-state index is 12.3. The maximum Gasteiger partial charge on any atom is 0.233 e. The summed E-state index contributed by atoms with van der Waals surface area (Å²) in [6, 6.07) is 1.92. The molecule has 0 radical (unpaired) electrons. The molecule has 2 heterocycles. The van der Waals surface area contributed by atoms with Gasteiger partial charge in [0.15, 0.2) is 5.16 Å². The summed E-state index contributed by atoms with van der Waals surface area (Å²) >= 11 is 1.37. The maximum atomic E-state index is 12.3. The number of hydrogen-bond donors (Lipinski definition) is 1. The van der Waals surface area contributed by atoms with Gasteiger partial charge in [0.25, 0.3) is 0 Å². The molecule has 0 spiro atoms. The van der Waals surface area contributed by atoms with E-state index >= 15 is 0 Å². The molecule has 124 valence electrons. The lowest BCUT2D eigenvalue weighted by Crippen LogP contribution is -2.31. The van der Waals surface area contributed by atoms with Crippen molar-refractivity contribution in [3.8, 4) is 0 Å². The molecule has 7 heteroatoms. The molecule has 0 aliphatic rings. The van der Waals surface area contributed by atoms with E-state index in [1.54, 1.807) is 6.20 Å². The smallest absolute Gasteiger partial charge is 0.233 e. The highest BCUT2D eigenvalue weighted by molar-refractivity contribution is 8.00. The van der Waals surface area contributed by atoms with Crippen LogP contribution in [0.3, 0.4) is 0 Å². The second-order valence-corrected chi connectivity index (χ2v) is 6.76. The van der Waals surface area contributed by atoms with E-state index in [2.05, 4.69) is 31.8 Å². The van der Waals surface area contributed by atoms with Gasteiger partial charge in [-0.2, -0.15) is 0 Å². The van der Waals surface area contributed by atoms with Crippen molar-refractivity contribution >= 4 is 17.7 Å². The van der Waals surface area contributed by atoms with Crippen LogP contribution in [0.25, 0.3) is 0 Å². The monoisotopic (exact) mass is 333 g/mol. The van der Waals surface area contributed by atoms with E-state index in [0.717, 1.165) is 30.2 Å². The van der Waals surface area contributed by atoms with Crippen LogP contribution >= 0.6 is 11.8 Å². The highest BCUT2D eigenvalue weighted by atomic mass is 32.2. The van der Waals surface area contributed by atoms with Crippen LogP contribution in [0, 0.1) is 13.8 Å². The van der Waals surface area contributed by atoms with Crippen LogP contribution in [-0.4, -0.2) is 30.7 Å². The van der Waals surface area contributed by atoms with E-state index in [9.17, 15) is 4.79 Å². The molecule has 6 nitrogen and oxygen atoms in total. The molecule has 2 aromatic rings. The number of imidazole rings is 1. The minimum Gasteiger partial charge on any atom is -0.348 e. The molecule has 2 rings (SSSR count). The Morgan fingerprint density at radius 1 is 1.35 bits per heavy atom. The van der Waals surface area contributed by atoms with Crippen molar-refractivity contribution in [2.75, 3.05) is 0 Å². The zero-order chi connectivity index (χ0) is 16.8. The zero-order valence-electron chi connectivity index (χ0n) is 14.0. The van der Waals surface area contributed by atoms with Gasteiger partial charge in [-0.25, -0.2) is 15.0 Å². The van der Waals surface area contributed by atoms with Gasteiger partial charge in [-0.3, -0.25) is 4.79 Å². The van der Waals surface area contributed by atoms with Crippen molar-refractivity contribution in [2.24, 2.45) is 0 Å². The molecule has 2 aromatic heterocycles. The number of nitrogens with zero attached hydrogens (tertiary/aromatic N) is 4. The number of nitrogens with one attached hydrogen (secondary N) is 1. The topological polar surface area (TPSA) is 72.7 Å². The van der Waals surface area contributed by atoms with Gasteiger partial charge in [0.05, 0.1) is 11.8 Å². The number of amides is 1. The summed E-state index contributed by atoms with van der Waals surface area (Å²) in [7, 11) is 0. The molecule has 0 bridgehead atoms. The number of aromatic nitrogens is 4.